The summed E-state index contributed by atoms with van der Waals surface area (Å²) in [5.74, 6) is -1.16. The van der Waals surface area contributed by atoms with Crippen LogP contribution in [0, 0.1) is 0 Å². The Labute approximate surface area is 109 Å². The normalized spacial score (nSPS) is 22.1. The van der Waals surface area contributed by atoms with Gasteiger partial charge in [-0.25, -0.2) is 4.79 Å². The highest BCUT2D eigenvalue weighted by molar-refractivity contribution is 5.76. The number of rotatable bonds is 6. The summed E-state index contributed by atoms with van der Waals surface area (Å²) < 4.78 is 0. The third-order valence-corrected chi connectivity index (χ3v) is 3.32. The van der Waals surface area contributed by atoms with Gasteiger partial charge >= 0.3 is 5.97 Å². The molecule has 0 radical (unpaired) electrons. The van der Waals surface area contributed by atoms with Crippen LogP contribution in [0.5, 0.6) is 0 Å². The minimum Gasteiger partial charge on any atom is -0.479 e. The van der Waals surface area contributed by atoms with E-state index < -0.39 is 11.6 Å². The smallest absolute Gasteiger partial charge is 0.336 e. The third kappa shape index (κ3) is 4.89. The second kappa shape index (κ2) is 6.47. The van der Waals surface area contributed by atoms with E-state index in [1.807, 2.05) is 4.90 Å². The topological polar surface area (TPSA) is 67.2 Å². The predicted octanol–water partition coefficient (Wildman–Crippen LogP) is -0.999. The maximum absolute atomic E-state index is 10.8. The Kier molecular flexibility index (Phi) is 5.52. The molecule has 0 saturated carbocycles. The third-order valence-electron chi connectivity index (χ3n) is 3.32. The summed E-state index contributed by atoms with van der Waals surface area (Å²) in [6.07, 6.45) is 0. The van der Waals surface area contributed by atoms with Gasteiger partial charge in [0.05, 0.1) is 0 Å². The molecule has 1 rings (SSSR count). The van der Waals surface area contributed by atoms with Crippen LogP contribution in [0.4, 0.5) is 0 Å². The number of carboxylic acids is 1. The zero-order valence-corrected chi connectivity index (χ0v) is 11.6. The molecule has 6 nitrogen and oxygen atoms in total. The highest BCUT2D eigenvalue weighted by Crippen LogP contribution is 2.09. The first-order valence-electron chi connectivity index (χ1n) is 6.36. The maximum Gasteiger partial charge on any atom is 0.336 e. The van der Waals surface area contributed by atoms with Gasteiger partial charge in [-0.2, -0.15) is 0 Å². The number of aliphatic hydroxyl groups is 1. The Morgan fingerprint density at radius 1 is 1.22 bits per heavy atom. The maximum atomic E-state index is 10.8. The molecule has 0 bridgehead atoms. The van der Waals surface area contributed by atoms with Crippen molar-refractivity contribution in [3.8, 4) is 0 Å². The molecule has 0 aliphatic carbocycles. The van der Waals surface area contributed by atoms with Gasteiger partial charge in [-0.3, -0.25) is 9.80 Å². The molecule has 0 amide bonds. The van der Waals surface area contributed by atoms with Gasteiger partial charge in [0.25, 0.3) is 0 Å². The van der Waals surface area contributed by atoms with Crippen LogP contribution in [0.25, 0.3) is 0 Å². The second-order valence-electron chi connectivity index (χ2n) is 5.50. The summed E-state index contributed by atoms with van der Waals surface area (Å²) >= 11 is 0. The Hall–Kier alpha value is -0.690. The van der Waals surface area contributed by atoms with E-state index in [0.29, 0.717) is 0 Å². The summed E-state index contributed by atoms with van der Waals surface area (Å²) in [4.78, 5) is 17.4. The average molecular weight is 259 g/mol. The molecule has 0 aromatic carbocycles. The van der Waals surface area contributed by atoms with Crippen LogP contribution in [0.15, 0.2) is 0 Å². The van der Waals surface area contributed by atoms with E-state index in [-0.39, 0.29) is 6.54 Å². The first-order valence-corrected chi connectivity index (χ1v) is 6.36. The van der Waals surface area contributed by atoms with Crippen molar-refractivity contribution < 1.29 is 15.0 Å². The lowest BCUT2D eigenvalue weighted by Gasteiger charge is -2.37. The molecular formula is C12H25N3O3. The molecule has 1 atom stereocenters. The van der Waals surface area contributed by atoms with E-state index in [9.17, 15) is 9.90 Å². The van der Waals surface area contributed by atoms with Gasteiger partial charge in [0.1, 0.15) is 0 Å². The largest absolute Gasteiger partial charge is 0.479 e. The number of piperazine rings is 1. The van der Waals surface area contributed by atoms with Crippen LogP contribution in [-0.4, -0.2) is 96.4 Å². The molecule has 0 spiro atoms. The lowest BCUT2D eigenvalue weighted by Crippen LogP contribution is -2.54. The SMILES string of the molecule is CN(C)CCN1CCN(CC(C)(O)C(=O)O)CC1. The molecule has 6 heteroatoms. The van der Waals surface area contributed by atoms with E-state index in [1.54, 1.807) is 0 Å². The molecule has 0 aromatic heterocycles. The highest BCUT2D eigenvalue weighted by Gasteiger charge is 2.33. The van der Waals surface area contributed by atoms with Gasteiger partial charge in [-0.15, -0.1) is 0 Å². The molecule has 1 heterocycles. The van der Waals surface area contributed by atoms with Crippen LogP contribution in [-0.2, 0) is 4.79 Å². The fourth-order valence-electron chi connectivity index (χ4n) is 2.02. The lowest BCUT2D eigenvalue weighted by molar-refractivity contribution is -0.158. The van der Waals surface area contributed by atoms with Crippen molar-refractivity contribution in [2.45, 2.75) is 12.5 Å². The molecule has 0 aromatic rings. The van der Waals surface area contributed by atoms with E-state index >= 15 is 0 Å². The molecule has 1 fully saturated rings. The predicted molar refractivity (Wildman–Crippen MR) is 69.7 cm³/mol. The number of hydrogen-bond donors (Lipinski definition) is 2. The van der Waals surface area contributed by atoms with Crippen LogP contribution in [0.2, 0.25) is 0 Å². The van der Waals surface area contributed by atoms with Gasteiger partial charge in [0.2, 0.25) is 0 Å². The summed E-state index contributed by atoms with van der Waals surface area (Å²) in [5, 5.41) is 18.6. The number of likely N-dealkylation sites (N-methyl/N-ethyl adjacent to an activating group) is 1. The van der Waals surface area contributed by atoms with Crippen molar-refractivity contribution in [3.63, 3.8) is 0 Å². The number of hydrogen-bond acceptors (Lipinski definition) is 5. The minimum absolute atomic E-state index is 0.198. The van der Waals surface area contributed by atoms with E-state index in [2.05, 4.69) is 23.9 Å². The van der Waals surface area contributed by atoms with Gasteiger partial charge < -0.3 is 15.1 Å². The lowest BCUT2D eigenvalue weighted by atomic mass is 10.1. The van der Waals surface area contributed by atoms with Crippen molar-refractivity contribution in [2.24, 2.45) is 0 Å². The molecule has 1 aliphatic heterocycles. The van der Waals surface area contributed by atoms with Crippen molar-refractivity contribution in [1.82, 2.24) is 14.7 Å². The van der Waals surface area contributed by atoms with Crippen molar-refractivity contribution in [2.75, 3.05) is 59.9 Å². The van der Waals surface area contributed by atoms with Crippen LogP contribution in [0.3, 0.4) is 0 Å². The molecule has 1 unspecified atom stereocenters. The molecule has 106 valence electrons. The van der Waals surface area contributed by atoms with Crippen LogP contribution < -0.4 is 0 Å². The first-order chi connectivity index (χ1) is 8.31. The average Bonchev–Trinajstić information content (AvgIpc) is 2.27. The first kappa shape index (κ1) is 15.4. The number of β-amino-alcohol motifs (C(OH)–C–C–N with tert-alkyl or cyclic N) is 1. The minimum atomic E-state index is -1.65. The van der Waals surface area contributed by atoms with Crippen molar-refractivity contribution in [1.29, 1.82) is 0 Å². The van der Waals surface area contributed by atoms with Gasteiger partial charge in [0, 0.05) is 45.8 Å². The Morgan fingerprint density at radius 2 is 1.72 bits per heavy atom. The van der Waals surface area contributed by atoms with Gasteiger partial charge in [-0.05, 0) is 21.0 Å². The Balaban J connectivity index is 2.29. The van der Waals surface area contributed by atoms with Crippen LogP contribution >= 0.6 is 0 Å². The summed E-state index contributed by atoms with van der Waals surface area (Å²) in [6, 6.07) is 0. The summed E-state index contributed by atoms with van der Waals surface area (Å²) in [5.41, 5.74) is -1.65. The van der Waals surface area contributed by atoms with Gasteiger partial charge in [0.15, 0.2) is 5.60 Å². The van der Waals surface area contributed by atoms with Crippen molar-refractivity contribution in [3.05, 3.63) is 0 Å². The standard InChI is InChI=1S/C12H25N3O3/c1-12(18,11(16)17)10-15-8-6-14(7-9-15)5-4-13(2)3/h18H,4-10H2,1-3H3,(H,16,17). The van der Waals surface area contributed by atoms with E-state index in [0.717, 1.165) is 39.3 Å². The van der Waals surface area contributed by atoms with Crippen molar-refractivity contribution >= 4 is 5.97 Å². The number of carboxylic acid groups (broad SMARTS) is 1. The molecule has 1 aliphatic rings. The fraction of sp³-hybridized carbons (Fsp3) is 0.917. The molecule has 2 N–H and O–H groups in total. The number of aliphatic carboxylic acids is 1. The summed E-state index contributed by atoms with van der Waals surface area (Å²) in [6.45, 7) is 7.13. The van der Waals surface area contributed by atoms with Gasteiger partial charge in [-0.1, -0.05) is 0 Å². The van der Waals surface area contributed by atoms with Crippen LogP contribution in [0.1, 0.15) is 6.92 Å². The Bertz CT molecular complexity index is 274. The number of carbonyl (C=O) groups is 1. The second-order valence-corrected chi connectivity index (χ2v) is 5.50. The quantitative estimate of drug-likeness (QED) is 0.638. The highest BCUT2D eigenvalue weighted by atomic mass is 16.4. The number of nitrogens with zero attached hydrogens (tertiary/aromatic N) is 3. The zero-order chi connectivity index (χ0) is 13.8. The molecule has 1 saturated heterocycles. The monoisotopic (exact) mass is 259 g/mol. The molecule has 18 heavy (non-hydrogen) atoms. The molecular weight excluding hydrogens is 234 g/mol. The van der Waals surface area contributed by atoms with E-state index in [1.165, 1.54) is 6.92 Å². The zero-order valence-electron chi connectivity index (χ0n) is 11.6. The summed E-state index contributed by atoms with van der Waals surface area (Å²) in [7, 11) is 4.11. The fourth-order valence-corrected chi connectivity index (χ4v) is 2.02. The van der Waals surface area contributed by atoms with E-state index in [4.69, 9.17) is 5.11 Å². The Morgan fingerprint density at radius 3 is 2.17 bits per heavy atom.